The molecule has 0 amide bonds. The highest BCUT2D eigenvalue weighted by Gasteiger charge is 2.07. The molecule has 0 radical (unpaired) electrons. The predicted molar refractivity (Wildman–Crippen MR) is 45.8 cm³/mol. The van der Waals surface area contributed by atoms with E-state index in [1.54, 1.807) is 0 Å². The first-order valence-corrected chi connectivity index (χ1v) is 3.82. The van der Waals surface area contributed by atoms with Gasteiger partial charge in [0.25, 0.3) is 0 Å². The van der Waals surface area contributed by atoms with Crippen molar-refractivity contribution in [1.82, 2.24) is 9.55 Å². The molecule has 0 fully saturated rings. The first-order chi connectivity index (χ1) is 6.00. The zero-order chi connectivity index (χ0) is 10.0. The molecule has 70 valence electrons. The summed E-state index contributed by atoms with van der Waals surface area (Å²) in [5.41, 5.74) is -0.221. The van der Waals surface area contributed by atoms with Gasteiger partial charge < -0.3 is 5.11 Å². The Morgan fingerprint density at radius 3 is 2.92 bits per heavy atom. The molecule has 0 aromatic carbocycles. The highest BCUT2D eigenvalue weighted by Crippen LogP contribution is 2.04. The third-order valence-corrected chi connectivity index (χ3v) is 1.73. The third-order valence-electron chi connectivity index (χ3n) is 1.54. The molecule has 0 spiro atoms. The van der Waals surface area contributed by atoms with E-state index in [0.29, 0.717) is 5.69 Å². The minimum Gasteiger partial charge on any atom is -0.481 e. The van der Waals surface area contributed by atoms with Crippen molar-refractivity contribution in [1.29, 1.82) is 0 Å². The van der Waals surface area contributed by atoms with Crippen molar-refractivity contribution in [3.63, 3.8) is 0 Å². The average Bonchev–Trinajstić information content (AvgIpc) is 1.98. The van der Waals surface area contributed by atoms with Crippen LogP contribution < -0.4 is 5.69 Å². The fourth-order valence-electron chi connectivity index (χ4n) is 0.880. The van der Waals surface area contributed by atoms with Crippen LogP contribution in [0.4, 0.5) is 0 Å². The standard InChI is InChI=1S/C7H7ClN2O3/c1-10-4(3-6(11)12)2-5(8)9-7(10)13/h2H,3H2,1H3,(H,11,12). The Hall–Kier alpha value is -1.36. The van der Waals surface area contributed by atoms with Crippen molar-refractivity contribution < 1.29 is 9.90 Å². The van der Waals surface area contributed by atoms with Crippen molar-refractivity contribution >= 4 is 17.6 Å². The van der Waals surface area contributed by atoms with Gasteiger partial charge in [-0.05, 0) is 6.07 Å². The quantitative estimate of drug-likeness (QED) is 0.689. The van der Waals surface area contributed by atoms with Crippen molar-refractivity contribution in [3.8, 4) is 0 Å². The van der Waals surface area contributed by atoms with Crippen LogP contribution in [0, 0.1) is 0 Å². The minimum absolute atomic E-state index is 0.0133. The molecule has 1 aromatic heterocycles. The number of nitrogens with zero attached hydrogens (tertiary/aromatic N) is 2. The lowest BCUT2D eigenvalue weighted by atomic mass is 10.3. The van der Waals surface area contributed by atoms with Gasteiger partial charge in [0.05, 0.1) is 6.42 Å². The lowest BCUT2D eigenvalue weighted by Crippen LogP contribution is -2.24. The lowest BCUT2D eigenvalue weighted by Gasteiger charge is -2.03. The molecule has 1 aromatic rings. The molecule has 0 aliphatic rings. The summed E-state index contributed by atoms with van der Waals surface area (Å²) in [6.07, 6.45) is -0.242. The average molecular weight is 203 g/mol. The number of halogens is 1. The first kappa shape index (κ1) is 9.73. The van der Waals surface area contributed by atoms with Gasteiger partial charge in [0.1, 0.15) is 5.15 Å². The number of hydrogen-bond donors (Lipinski definition) is 1. The maximum absolute atomic E-state index is 11.0. The fraction of sp³-hybridized carbons (Fsp3) is 0.286. The summed E-state index contributed by atoms with van der Waals surface area (Å²) in [7, 11) is 1.45. The smallest absolute Gasteiger partial charge is 0.348 e. The second-order valence-corrected chi connectivity index (χ2v) is 2.87. The van der Waals surface area contributed by atoms with Crippen LogP contribution in [0.5, 0.6) is 0 Å². The number of aliphatic carboxylic acids is 1. The Morgan fingerprint density at radius 1 is 1.77 bits per heavy atom. The third kappa shape index (κ3) is 2.29. The van der Waals surface area contributed by atoms with Crippen LogP contribution in [0.25, 0.3) is 0 Å². The molecule has 0 unspecified atom stereocenters. The Bertz CT molecular complexity index is 399. The van der Waals surface area contributed by atoms with Crippen LogP contribution in [-0.2, 0) is 18.3 Å². The summed E-state index contributed by atoms with van der Waals surface area (Å²) in [5, 5.41) is 8.51. The van der Waals surface area contributed by atoms with Crippen LogP contribution in [0.3, 0.4) is 0 Å². The molecule has 13 heavy (non-hydrogen) atoms. The second-order valence-electron chi connectivity index (χ2n) is 2.48. The molecular formula is C7H7ClN2O3. The van der Waals surface area contributed by atoms with Crippen LogP contribution in [0.1, 0.15) is 5.69 Å². The van der Waals surface area contributed by atoms with Crippen molar-refractivity contribution in [3.05, 3.63) is 27.4 Å². The van der Waals surface area contributed by atoms with Gasteiger partial charge in [0, 0.05) is 12.7 Å². The van der Waals surface area contributed by atoms with E-state index in [9.17, 15) is 9.59 Å². The van der Waals surface area contributed by atoms with E-state index < -0.39 is 11.7 Å². The minimum atomic E-state index is -1.02. The topological polar surface area (TPSA) is 72.2 Å². The number of carbonyl (C=O) groups is 1. The summed E-state index contributed by atoms with van der Waals surface area (Å²) < 4.78 is 1.15. The van der Waals surface area contributed by atoms with Gasteiger partial charge in [-0.1, -0.05) is 11.6 Å². The van der Waals surface area contributed by atoms with E-state index in [2.05, 4.69) is 4.98 Å². The van der Waals surface area contributed by atoms with Gasteiger partial charge in [-0.15, -0.1) is 0 Å². The normalized spacial score (nSPS) is 10.0. The number of carboxylic acids is 1. The molecule has 5 nitrogen and oxygen atoms in total. The van der Waals surface area contributed by atoms with Crippen LogP contribution in [0.2, 0.25) is 5.15 Å². The fourth-order valence-corrected chi connectivity index (χ4v) is 1.08. The molecule has 1 heterocycles. The predicted octanol–water partition coefficient (Wildman–Crippen LogP) is 0.0608. The van der Waals surface area contributed by atoms with Crippen molar-refractivity contribution in [2.45, 2.75) is 6.42 Å². The summed E-state index contributed by atoms with van der Waals surface area (Å²) in [5.74, 6) is -1.02. The Morgan fingerprint density at radius 2 is 2.38 bits per heavy atom. The van der Waals surface area contributed by atoms with E-state index >= 15 is 0 Å². The van der Waals surface area contributed by atoms with Gasteiger partial charge in [0.2, 0.25) is 0 Å². The number of carboxylic acid groups (broad SMARTS) is 1. The van der Waals surface area contributed by atoms with E-state index in [-0.39, 0.29) is 11.6 Å². The molecule has 0 saturated heterocycles. The molecule has 0 saturated carbocycles. The zero-order valence-corrected chi connectivity index (χ0v) is 7.58. The SMILES string of the molecule is Cn1c(CC(=O)O)cc(Cl)nc1=O. The number of aromatic nitrogens is 2. The van der Waals surface area contributed by atoms with Crippen LogP contribution >= 0.6 is 11.6 Å². The molecule has 1 N–H and O–H groups in total. The lowest BCUT2D eigenvalue weighted by molar-refractivity contribution is -0.136. The van der Waals surface area contributed by atoms with Crippen molar-refractivity contribution in [2.24, 2.45) is 7.05 Å². The summed E-state index contributed by atoms with van der Waals surface area (Å²) in [6.45, 7) is 0. The molecule has 6 heteroatoms. The molecule has 0 atom stereocenters. The van der Waals surface area contributed by atoms with E-state index in [1.165, 1.54) is 13.1 Å². The van der Waals surface area contributed by atoms with E-state index in [1.807, 2.05) is 0 Å². The second kappa shape index (κ2) is 3.57. The molecule has 0 aliphatic carbocycles. The highest BCUT2D eigenvalue weighted by molar-refractivity contribution is 6.29. The Balaban J connectivity index is 3.20. The monoisotopic (exact) mass is 202 g/mol. The van der Waals surface area contributed by atoms with Gasteiger partial charge in [0.15, 0.2) is 0 Å². The number of rotatable bonds is 2. The Kier molecular flexibility index (Phi) is 2.67. The molecular weight excluding hydrogens is 196 g/mol. The largest absolute Gasteiger partial charge is 0.481 e. The summed E-state index contributed by atoms with van der Waals surface area (Å²) in [6, 6.07) is 1.36. The maximum atomic E-state index is 11.0. The van der Waals surface area contributed by atoms with E-state index in [4.69, 9.17) is 16.7 Å². The van der Waals surface area contributed by atoms with Gasteiger partial charge >= 0.3 is 11.7 Å². The summed E-state index contributed by atoms with van der Waals surface area (Å²) in [4.78, 5) is 24.8. The van der Waals surface area contributed by atoms with E-state index in [0.717, 1.165) is 4.57 Å². The van der Waals surface area contributed by atoms with Crippen molar-refractivity contribution in [2.75, 3.05) is 0 Å². The Labute approximate surface area is 78.6 Å². The first-order valence-electron chi connectivity index (χ1n) is 3.45. The summed E-state index contributed by atoms with van der Waals surface area (Å²) >= 11 is 5.49. The van der Waals surface area contributed by atoms with Crippen LogP contribution in [-0.4, -0.2) is 20.6 Å². The molecule has 1 rings (SSSR count). The van der Waals surface area contributed by atoms with Gasteiger partial charge in [-0.2, -0.15) is 4.98 Å². The van der Waals surface area contributed by atoms with Crippen LogP contribution in [0.15, 0.2) is 10.9 Å². The van der Waals surface area contributed by atoms with Gasteiger partial charge in [-0.3, -0.25) is 9.36 Å². The van der Waals surface area contributed by atoms with Gasteiger partial charge in [-0.25, -0.2) is 4.79 Å². The highest BCUT2D eigenvalue weighted by atomic mass is 35.5. The molecule has 0 aliphatic heterocycles. The zero-order valence-electron chi connectivity index (χ0n) is 6.82. The number of hydrogen-bond acceptors (Lipinski definition) is 3. The molecule has 0 bridgehead atoms. The maximum Gasteiger partial charge on any atom is 0.348 e.